The summed E-state index contributed by atoms with van der Waals surface area (Å²) < 4.78 is 88.8. The highest BCUT2D eigenvalue weighted by Gasteiger charge is 2.48. The molecule has 0 aromatic carbocycles. The van der Waals surface area contributed by atoms with Crippen LogP contribution in [0.3, 0.4) is 0 Å². The Bertz CT molecular complexity index is 1190. The third-order valence-corrected chi connectivity index (χ3v) is 6.05. The lowest BCUT2D eigenvalue weighted by molar-refractivity contribution is -0.169. The number of aliphatic imine (C=N–C) groups is 1. The Morgan fingerprint density at radius 1 is 1.13 bits per heavy atom. The van der Waals surface area contributed by atoms with Crippen molar-refractivity contribution in [3.05, 3.63) is 41.7 Å². The van der Waals surface area contributed by atoms with Crippen molar-refractivity contribution in [2.45, 2.75) is 52.1 Å². The highest BCUT2D eigenvalue weighted by molar-refractivity contribution is 6.14. The molecule has 2 fully saturated rings. The summed E-state index contributed by atoms with van der Waals surface area (Å²) in [5, 5.41) is 2.25. The maximum absolute atomic E-state index is 14.0. The first kappa shape index (κ1) is 30.0. The number of carbonyl (C=O) groups is 2. The Morgan fingerprint density at radius 2 is 1.74 bits per heavy atom. The van der Waals surface area contributed by atoms with Gasteiger partial charge in [-0.2, -0.15) is 26.3 Å². The normalized spacial score (nSPS) is 21.5. The van der Waals surface area contributed by atoms with Gasteiger partial charge < -0.3 is 19.9 Å². The number of halogens is 6. The van der Waals surface area contributed by atoms with Gasteiger partial charge in [-0.1, -0.05) is 6.58 Å². The minimum atomic E-state index is -4.88. The number of hydrogen-bond donors (Lipinski definition) is 1. The first-order valence-electron chi connectivity index (χ1n) is 12.0. The van der Waals surface area contributed by atoms with Crippen molar-refractivity contribution >= 4 is 29.2 Å². The number of piperazine rings is 1. The molecule has 0 saturated carbocycles. The first-order valence-corrected chi connectivity index (χ1v) is 12.0. The SMILES string of the molecule is C=CN=C1NC(=O)CC(C(F)(F)F)/C1=C(/C)c1cc(C(F)(F)F)cc(N2CCN(C(=O)OC(C)(C)C)CC2)n1. The first-order chi connectivity index (χ1) is 17.9. The second-order valence-electron chi connectivity index (χ2n) is 10.1. The van der Waals surface area contributed by atoms with Crippen molar-refractivity contribution in [1.29, 1.82) is 0 Å². The molecular weight excluding hydrogens is 532 g/mol. The van der Waals surface area contributed by atoms with E-state index in [9.17, 15) is 35.9 Å². The summed E-state index contributed by atoms with van der Waals surface area (Å²) in [6.07, 6.45) is -10.3. The molecular formula is C25H29F6N5O3. The number of allylic oxidation sites excluding steroid dienone is 1. The molecule has 2 amide bonds. The fraction of sp³-hybridized carbons (Fsp3) is 0.520. The number of rotatable bonds is 3. The molecule has 0 radical (unpaired) electrons. The molecule has 1 atom stereocenters. The van der Waals surface area contributed by atoms with Crippen molar-refractivity contribution in [3.63, 3.8) is 0 Å². The van der Waals surface area contributed by atoms with Gasteiger partial charge in [0, 0.05) is 44.4 Å². The van der Waals surface area contributed by atoms with Gasteiger partial charge >= 0.3 is 18.4 Å². The minimum Gasteiger partial charge on any atom is -0.444 e. The molecule has 2 aliphatic heterocycles. The summed E-state index contributed by atoms with van der Waals surface area (Å²) in [7, 11) is 0. The van der Waals surface area contributed by atoms with Crippen LogP contribution in [0, 0.1) is 5.92 Å². The number of carbonyl (C=O) groups excluding carboxylic acids is 2. The van der Waals surface area contributed by atoms with Crippen molar-refractivity contribution in [2.24, 2.45) is 10.9 Å². The van der Waals surface area contributed by atoms with Crippen molar-refractivity contribution < 1.29 is 40.7 Å². The number of amides is 2. The number of aromatic nitrogens is 1. The standard InChI is InChI=1S/C25H29F6N5O3/c1-6-32-21-20(16(25(29,30)31)13-19(37)34-21)14(2)17-11-15(24(26,27)28)12-18(33-17)35-7-9-36(10-8-35)22(38)39-23(3,4)5/h6,11-12,16H,1,7-10,13H2,2-5H3,(H,32,34,37)/b20-14+. The van der Waals surface area contributed by atoms with Crippen LogP contribution in [0.2, 0.25) is 0 Å². The zero-order valence-corrected chi connectivity index (χ0v) is 21.8. The Morgan fingerprint density at radius 3 is 2.26 bits per heavy atom. The quantitative estimate of drug-likeness (QED) is 0.515. The molecule has 3 rings (SSSR count). The van der Waals surface area contributed by atoms with E-state index in [0.29, 0.717) is 6.07 Å². The number of pyridine rings is 1. The molecule has 1 unspecified atom stereocenters. The van der Waals surface area contributed by atoms with Gasteiger partial charge in [0.25, 0.3) is 0 Å². The van der Waals surface area contributed by atoms with Crippen LogP contribution in [0.1, 0.15) is 45.4 Å². The number of nitrogens with zero attached hydrogens (tertiary/aromatic N) is 4. The number of amidine groups is 1. The van der Waals surface area contributed by atoms with Crippen LogP contribution in [0.5, 0.6) is 0 Å². The van der Waals surface area contributed by atoms with Gasteiger partial charge in [-0.05, 0) is 45.4 Å². The molecule has 1 aromatic heterocycles. The van der Waals surface area contributed by atoms with Crippen LogP contribution in [-0.2, 0) is 15.7 Å². The van der Waals surface area contributed by atoms with Crippen molar-refractivity contribution in [2.75, 3.05) is 31.1 Å². The van der Waals surface area contributed by atoms with Gasteiger partial charge in [-0.15, -0.1) is 0 Å². The minimum absolute atomic E-state index is 0.116. The van der Waals surface area contributed by atoms with Gasteiger partial charge in [-0.25, -0.2) is 14.8 Å². The average Bonchev–Trinajstić information content (AvgIpc) is 2.81. The fourth-order valence-electron chi connectivity index (χ4n) is 4.23. The van der Waals surface area contributed by atoms with Crippen LogP contribution >= 0.6 is 0 Å². The van der Waals surface area contributed by atoms with Crippen molar-refractivity contribution in [3.8, 4) is 0 Å². The molecule has 8 nitrogen and oxygen atoms in total. The second-order valence-corrected chi connectivity index (χ2v) is 10.1. The maximum Gasteiger partial charge on any atom is 0.416 e. The van der Waals surface area contributed by atoms with Crippen molar-refractivity contribution in [1.82, 2.24) is 15.2 Å². The lowest BCUT2D eigenvalue weighted by Crippen LogP contribution is -2.50. The van der Waals surface area contributed by atoms with E-state index in [1.54, 1.807) is 20.8 Å². The van der Waals surface area contributed by atoms with E-state index in [2.05, 4.69) is 21.9 Å². The third kappa shape index (κ3) is 7.30. The largest absolute Gasteiger partial charge is 0.444 e. The van der Waals surface area contributed by atoms with E-state index < -0.39 is 59.3 Å². The van der Waals surface area contributed by atoms with E-state index in [1.165, 1.54) is 16.7 Å². The molecule has 0 bridgehead atoms. The fourth-order valence-corrected chi connectivity index (χ4v) is 4.23. The monoisotopic (exact) mass is 561 g/mol. The number of anilines is 1. The van der Waals surface area contributed by atoms with E-state index in [-0.39, 0.29) is 43.3 Å². The number of hydrogen-bond acceptors (Lipinski definition) is 6. The summed E-state index contributed by atoms with van der Waals surface area (Å²) in [5.74, 6) is -3.81. The molecule has 0 spiro atoms. The molecule has 214 valence electrons. The number of nitrogens with one attached hydrogen (secondary N) is 1. The summed E-state index contributed by atoms with van der Waals surface area (Å²) in [6, 6.07) is 1.48. The van der Waals surface area contributed by atoms with Crippen LogP contribution in [0.15, 0.2) is 35.5 Å². The summed E-state index contributed by atoms with van der Waals surface area (Å²) in [6.45, 7) is 10.2. The van der Waals surface area contributed by atoms with Crippen LogP contribution in [0.25, 0.3) is 5.57 Å². The van der Waals surface area contributed by atoms with Gasteiger partial charge in [0.1, 0.15) is 17.3 Å². The second kappa shape index (κ2) is 10.9. The Hall–Kier alpha value is -3.58. The Balaban J connectivity index is 2.05. The topological polar surface area (TPSA) is 87.1 Å². The Labute approximate surface area is 221 Å². The van der Waals surface area contributed by atoms with Crippen LogP contribution < -0.4 is 10.2 Å². The lowest BCUT2D eigenvalue weighted by atomic mass is 9.85. The molecule has 2 aliphatic rings. The molecule has 1 aromatic rings. The molecule has 3 heterocycles. The predicted octanol–water partition coefficient (Wildman–Crippen LogP) is 5.17. The molecule has 1 N–H and O–H groups in total. The number of ether oxygens (including phenoxy) is 1. The number of piperidine rings is 1. The zero-order chi connectivity index (χ0) is 29.3. The highest BCUT2D eigenvalue weighted by atomic mass is 19.4. The van der Waals surface area contributed by atoms with Crippen LogP contribution in [0.4, 0.5) is 37.0 Å². The molecule has 0 aliphatic carbocycles. The zero-order valence-electron chi connectivity index (χ0n) is 21.8. The average molecular weight is 562 g/mol. The van der Waals surface area contributed by atoms with E-state index >= 15 is 0 Å². The summed E-state index contributed by atoms with van der Waals surface area (Å²) in [4.78, 5) is 35.3. The molecule has 39 heavy (non-hydrogen) atoms. The predicted molar refractivity (Wildman–Crippen MR) is 132 cm³/mol. The summed E-state index contributed by atoms with van der Waals surface area (Å²) >= 11 is 0. The smallest absolute Gasteiger partial charge is 0.416 e. The van der Waals surface area contributed by atoms with Gasteiger partial charge in [0.2, 0.25) is 5.91 Å². The highest BCUT2D eigenvalue weighted by Crippen LogP contribution is 2.41. The van der Waals surface area contributed by atoms with Gasteiger partial charge in [0.05, 0.1) is 17.2 Å². The number of alkyl halides is 6. The van der Waals surface area contributed by atoms with E-state index in [0.717, 1.165) is 12.3 Å². The lowest BCUT2D eigenvalue weighted by Gasteiger charge is -2.36. The third-order valence-electron chi connectivity index (χ3n) is 6.05. The Kier molecular flexibility index (Phi) is 8.37. The summed E-state index contributed by atoms with van der Waals surface area (Å²) in [5.41, 5.74) is -2.90. The molecule has 14 heteroatoms. The maximum atomic E-state index is 14.0. The molecule has 2 saturated heterocycles. The van der Waals surface area contributed by atoms with Gasteiger partial charge in [-0.3, -0.25) is 4.79 Å². The van der Waals surface area contributed by atoms with Crippen LogP contribution in [-0.4, -0.2) is 65.7 Å². The van der Waals surface area contributed by atoms with E-state index in [1.807, 2.05) is 0 Å². The van der Waals surface area contributed by atoms with E-state index in [4.69, 9.17) is 4.74 Å². The van der Waals surface area contributed by atoms with Gasteiger partial charge in [0.15, 0.2) is 0 Å².